The van der Waals surface area contributed by atoms with Gasteiger partial charge < -0.3 is 14.7 Å². The van der Waals surface area contributed by atoms with Crippen molar-refractivity contribution < 1.29 is 19.4 Å². The van der Waals surface area contributed by atoms with Crippen LogP contribution in [0.25, 0.3) is 6.08 Å². The van der Waals surface area contributed by atoms with Gasteiger partial charge in [0.05, 0.1) is 18.3 Å². The molecule has 8 heteroatoms. The summed E-state index contributed by atoms with van der Waals surface area (Å²) in [6.07, 6.45) is 9.87. The van der Waals surface area contributed by atoms with Gasteiger partial charge in [0.25, 0.3) is 0 Å². The molecule has 0 saturated carbocycles. The Hall–Kier alpha value is -3.02. The molecule has 178 valence electrons. The van der Waals surface area contributed by atoms with E-state index in [1.807, 2.05) is 13.0 Å². The van der Waals surface area contributed by atoms with Gasteiger partial charge in [0.1, 0.15) is 6.07 Å². The summed E-state index contributed by atoms with van der Waals surface area (Å²) in [6.45, 7) is 3.37. The van der Waals surface area contributed by atoms with E-state index in [0.29, 0.717) is 38.1 Å². The van der Waals surface area contributed by atoms with Gasteiger partial charge in [-0.15, -0.1) is 11.3 Å². The summed E-state index contributed by atoms with van der Waals surface area (Å²) in [5.74, 6) is 0.157. The van der Waals surface area contributed by atoms with E-state index < -0.39 is 0 Å². The fourth-order valence-electron chi connectivity index (χ4n) is 4.49. The Morgan fingerprint density at radius 1 is 1.35 bits per heavy atom. The first-order valence-electron chi connectivity index (χ1n) is 11.7. The fourth-order valence-corrected chi connectivity index (χ4v) is 5.92. The zero-order valence-corrected chi connectivity index (χ0v) is 20.1. The molecule has 0 aromatic carbocycles. The van der Waals surface area contributed by atoms with E-state index in [1.165, 1.54) is 11.3 Å². The van der Waals surface area contributed by atoms with Crippen LogP contribution in [0.3, 0.4) is 0 Å². The first-order chi connectivity index (χ1) is 16.4. The molecule has 34 heavy (non-hydrogen) atoms. The van der Waals surface area contributed by atoms with E-state index >= 15 is 0 Å². The molecule has 4 rings (SSSR count). The van der Waals surface area contributed by atoms with Crippen LogP contribution in [0.2, 0.25) is 0 Å². The molecule has 1 N–H and O–H groups in total. The van der Waals surface area contributed by atoms with Gasteiger partial charge in [-0.3, -0.25) is 9.78 Å². The van der Waals surface area contributed by atoms with Crippen LogP contribution < -0.4 is 0 Å². The highest BCUT2D eigenvalue weighted by Gasteiger charge is 2.28. The van der Waals surface area contributed by atoms with Gasteiger partial charge in [-0.05, 0) is 79.9 Å². The molecule has 1 fully saturated rings. The number of ketones is 1. The predicted molar refractivity (Wildman–Crippen MR) is 129 cm³/mol. The SMILES string of the molecule is Cc1ccncc1/C=C/C(=O)Cc1sc2c(c1C#N)CCC(COC(=O)N1CCC(O)CC1)C2. The molecule has 1 amide bonds. The highest BCUT2D eigenvalue weighted by Crippen LogP contribution is 2.36. The molecular weight excluding hydrogens is 450 g/mol. The molecule has 1 aliphatic heterocycles. The number of aromatic nitrogens is 1. The van der Waals surface area contributed by atoms with Crippen molar-refractivity contribution in [2.45, 2.75) is 51.6 Å². The second-order valence-corrected chi connectivity index (χ2v) is 10.2. The molecule has 1 aliphatic carbocycles. The highest BCUT2D eigenvalue weighted by atomic mass is 32.1. The molecule has 2 aliphatic rings. The summed E-state index contributed by atoms with van der Waals surface area (Å²) in [4.78, 5) is 32.6. The van der Waals surface area contributed by atoms with Gasteiger partial charge in [0.15, 0.2) is 5.78 Å². The quantitative estimate of drug-likeness (QED) is 0.632. The molecule has 7 nitrogen and oxygen atoms in total. The van der Waals surface area contributed by atoms with E-state index in [1.54, 1.807) is 29.4 Å². The molecule has 1 atom stereocenters. The summed E-state index contributed by atoms with van der Waals surface area (Å²) in [5.41, 5.74) is 3.64. The van der Waals surface area contributed by atoms with Gasteiger partial charge in [0, 0.05) is 41.7 Å². The van der Waals surface area contributed by atoms with E-state index in [9.17, 15) is 20.0 Å². The van der Waals surface area contributed by atoms with Gasteiger partial charge in [0.2, 0.25) is 0 Å². The number of carbonyl (C=O) groups is 2. The number of carbonyl (C=O) groups excluding carboxylic acids is 2. The number of pyridine rings is 1. The summed E-state index contributed by atoms with van der Waals surface area (Å²) in [6, 6.07) is 4.21. The molecule has 3 heterocycles. The minimum atomic E-state index is -0.329. The second-order valence-electron chi connectivity index (χ2n) is 9.03. The zero-order valence-electron chi connectivity index (χ0n) is 19.3. The van der Waals surface area contributed by atoms with Crippen molar-refractivity contribution in [1.82, 2.24) is 9.88 Å². The summed E-state index contributed by atoms with van der Waals surface area (Å²) < 4.78 is 5.56. The number of hydrogen-bond donors (Lipinski definition) is 1. The molecule has 1 saturated heterocycles. The van der Waals surface area contributed by atoms with Crippen molar-refractivity contribution in [3.8, 4) is 6.07 Å². The monoisotopic (exact) mass is 479 g/mol. The standard InChI is InChI=1S/C26H29N3O4S/c1-17-6-9-28-15-19(17)3-4-21(31)13-25-23(14-27)22-5-2-18(12-24(22)34-25)16-33-26(32)29-10-7-20(30)8-11-29/h3-4,6,9,15,18,20,30H,2,5,7-8,10-13,16H2,1H3/b4-3+. The third-order valence-corrected chi connectivity index (χ3v) is 7.83. The van der Waals surface area contributed by atoms with Crippen molar-refractivity contribution in [3.63, 3.8) is 0 Å². The lowest BCUT2D eigenvalue weighted by atomic mass is 9.87. The molecule has 2 aromatic rings. The molecular formula is C26H29N3O4S. The number of nitriles is 1. The van der Waals surface area contributed by atoms with Crippen LogP contribution in [0.15, 0.2) is 24.5 Å². The number of nitrogens with zero attached hydrogens (tertiary/aromatic N) is 3. The molecule has 0 radical (unpaired) electrons. The van der Waals surface area contributed by atoms with Crippen LogP contribution in [0, 0.1) is 24.2 Å². The Labute approximate surface area is 203 Å². The van der Waals surface area contributed by atoms with Crippen molar-refractivity contribution in [3.05, 3.63) is 56.5 Å². The van der Waals surface area contributed by atoms with Gasteiger partial charge >= 0.3 is 6.09 Å². The van der Waals surface area contributed by atoms with Crippen LogP contribution in [0.5, 0.6) is 0 Å². The van der Waals surface area contributed by atoms with Crippen LogP contribution >= 0.6 is 11.3 Å². The summed E-state index contributed by atoms with van der Waals surface area (Å²) >= 11 is 1.54. The minimum absolute atomic E-state index is 0.0459. The molecule has 0 spiro atoms. The van der Waals surface area contributed by atoms with E-state index in [2.05, 4.69) is 11.1 Å². The maximum atomic E-state index is 12.6. The van der Waals surface area contributed by atoms with Crippen molar-refractivity contribution >= 4 is 29.3 Å². The number of likely N-dealkylation sites (tertiary alicyclic amines) is 1. The average molecular weight is 480 g/mol. The zero-order chi connectivity index (χ0) is 24.1. The van der Waals surface area contributed by atoms with E-state index in [0.717, 1.165) is 45.7 Å². The molecule has 1 unspecified atom stereocenters. The van der Waals surface area contributed by atoms with Crippen LogP contribution in [-0.4, -0.2) is 52.7 Å². The number of thiophene rings is 1. The Balaban J connectivity index is 1.35. The van der Waals surface area contributed by atoms with Crippen LogP contribution in [0.4, 0.5) is 4.79 Å². The number of amides is 1. The van der Waals surface area contributed by atoms with Crippen molar-refractivity contribution in [2.24, 2.45) is 5.92 Å². The predicted octanol–water partition coefficient (Wildman–Crippen LogP) is 3.85. The Morgan fingerprint density at radius 2 is 2.15 bits per heavy atom. The Morgan fingerprint density at radius 3 is 2.88 bits per heavy atom. The lowest BCUT2D eigenvalue weighted by Crippen LogP contribution is -2.41. The van der Waals surface area contributed by atoms with Gasteiger partial charge in [-0.1, -0.05) is 0 Å². The number of aliphatic hydroxyl groups is 1. The molecule has 2 aromatic heterocycles. The highest BCUT2D eigenvalue weighted by molar-refractivity contribution is 7.12. The van der Waals surface area contributed by atoms with E-state index in [-0.39, 0.29) is 30.3 Å². The Bertz CT molecular complexity index is 1130. The number of aryl methyl sites for hydroxylation is 1. The lowest BCUT2D eigenvalue weighted by molar-refractivity contribution is -0.113. The van der Waals surface area contributed by atoms with Crippen molar-refractivity contribution in [2.75, 3.05) is 19.7 Å². The first kappa shape index (κ1) is 24.1. The molecule has 0 bridgehead atoms. The summed E-state index contributed by atoms with van der Waals surface area (Å²) in [5, 5.41) is 19.4. The van der Waals surface area contributed by atoms with Gasteiger partial charge in [-0.2, -0.15) is 5.26 Å². The van der Waals surface area contributed by atoms with Crippen molar-refractivity contribution in [1.29, 1.82) is 5.26 Å². The maximum Gasteiger partial charge on any atom is 0.409 e. The number of fused-ring (bicyclic) bond motifs is 1. The van der Waals surface area contributed by atoms with E-state index in [4.69, 9.17) is 4.74 Å². The van der Waals surface area contributed by atoms with Crippen LogP contribution in [-0.2, 0) is 28.8 Å². The topological polar surface area (TPSA) is 104 Å². The number of hydrogen-bond acceptors (Lipinski definition) is 7. The third kappa shape index (κ3) is 5.72. The number of aliphatic hydroxyl groups excluding tert-OH is 1. The second kappa shape index (κ2) is 10.9. The van der Waals surface area contributed by atoms with Gasteiger partial charge in [-0.25, -0.2) is 4.79 Å². The Kier molecular flexibility index (Phi) is 7.76. The third-order valence-electron chi connectivity index (χ3n) is 6.58. The average Bonchev–Trinajstić information content (AvgIpc) is 3.18. The minimum Gasteiger partial charge on any atom is -0.449 e. The lowest BCUT2D eigenvalue weighted by Gasteiger charge is -2.30. The first-order valence-corrected chi connectivity index (χ1v) is 12.5. The smallest absolute Gasteiger partial charge is 0.409 e. The largest absolute Gasteiger partial charge is 0.449 e. The van der Waals surface area contributed by atoms with Crippen LogP contribution in [0.1, 0.15) is 51.3 Å². The maximum absolute atomic E-state index is 12.6. The number of piperidine rings is 1. The number of ether oxygens (including phenoxy) is 1. The normalized spacial score (nSPS) is 18.5. The fraction of sp³-hybridized carbons (Fsp3) is 0.462. The number of rotatable bonds is 6. The number of allylic oxidation sites excluding steroid dienone is 1. The summed E-state index contributed by atoms with van der Waals surface area (Å²) in [7, 11) is 0.